The average molecular weight is 583 g/mol. The van der Waals surface area contributed by atoms with Gasteiger partial charge in [-0.05, 0) is 88.3 Å². The maximum absolute atomic E-state index is 12.1. The second-order valence-electron chi connectivity index (χ2n) is 8.92. The van der Waals surface area contributed by atoms with Gasteiger partial charge in [-0.25, -0.2) is 26.3 Å². The lowest BCUT2D eigenvalue weighted by Gasteiger charge is -2.17. The van der Waals surface area contributed by atoms with Gasteiger partial charge in [-0.2, -0.15) is 0 Å². The molecule has 0 bridgehead atoms. The number of aliphatic hydroxyl groups is 1. The van der Waals surface area contributed by atoms with Crippen LogP contribution < -0.4 is 19.7 Å². The largest absolute Gasteiger partial charge is 0.396 e. The predicted octanol–water partition coefficient (Wildman–Crippen LogP) is 2.30. The first-order valence-corrected chi connectivity index (χ1v) is 15.7. The Bertz CT molecular complexity index is 1310. The third kappa shape index (κ3) is 8.57. The van der Waals surface area contributed by atoms with Crippen molar-refractivity contribution in [2.45, 2.75) is 49.3 Å². The lowest BCUT2D eigenvalue weighted by molar-refractivity contribution is -0.121. The van der Waals surface area contributed by atoms with Crippen LogP contribution in [0.15, 0.2) is 58.3 Å². The molecule has 1 aliphatic rings. The Hall–Kier alpha value is -2.84. The number of aliphatic hydroxyl groups excluding tert-OH is 1. The van der Waals surface area contributed by atoms with E-state index in [0.29, 0.717) is 25.1 Å². The zero-order valence-electron chi connectivity index (χ0n) is 22.7. The number of sulfonamides is 2. The van der Waals surface area contributed by atoms with Crippen molar-refractivity contribution in [3.8, 4) is 0 Å². The summed E-state index contributed by atoms with van der Waals surface area (Å²) < 4.78 is 50.8. The summed E-state index contributed by atoms with van der Waals surface area (Å²) in [6.45, 7) is 4.55. The highest BCUT2D eigenvalue weighted by Crippen LogP contribution is 2.27. The average Bonchev–Trinajstić information content (AvgIpc) is 3.32. The molecule has 2 amide bonds. The molecule has 11 nitrogen and oxygen atoms in total. The van der Waals surface area contributed by atoms with E-state index in [-0.39, 0.29) is 40.0 Å². The Labute approximate surface area is 231 Å². The standard InChI is InChI=1S/C13H20N2O4S.C13H18N2O3S/c1-3-10(8-9-16)13(17)15-11-4-6-12(7-5-11)20(18,19)14-2;1-3-10-8-9-15(13(10)16)11-4-6-12(7-5-11)19(17,18)14-2/h4-7,10,14,16H,3,8-9H2,1-2H3,(H,15,17);4-7,10,14H,3,8-9H2,1-2H3. The molecule has 13 heteroatoms. The third-order valence-corrected chi connectivity index (χ3v) is 9.44. The topological polar surface area (TPSA) is 162 Å². The number of nitrogens with zero attached hydrogens (tertiary/aromatic N) is 1. The Morgan fingerprint density at radius 1 is 0.949 bits per heavy atom. The van der Waals surface area contributed by atoms with Crippen LogP contribution in [0, 0.1) is 11.8 Å². The summed E-state index contributed by atoms with van der Waals surface area (Å²) in [5, 5.41) is 11.6. The minimum atomic E-state index is -3.47. The second kappa shape index (κ2) is 14.5. The molecule has 0 aliphatic carbocycles. The van der Waals surface area contributed by atoms with Gasteiger partial charge in [0.1, 0.15) is 0 Å². The van der Waals surface area contributed by atoms with E-state index < -0.39 is 20.0 Å². The summed E-state index contributed by atoms with van der Waals surface area (Å²) in [6, 6.07) is 12.3. The summed E-state index contributed by atoms with van der Waals surface area (Å²) in [5.41, 5.74) is 1.29. The van der Waals surface area contributed by atoms with Crippen molar-refractivity contribution in [2.75, 3.05) is 37.5 Å². The molecule has 1 heterocycles. The molecule has 0 radical (unpaired) electrons. The molecule has 2 aromatic rings. The van der Waals surface area contributed by atoms with E-state index >= 15 is 0 Å². The second-order valence-corrected chi connectivity index (χ2v) is 12.7. The highest BCUT2D eigenvalue weighted by molar-refractivity contribution is 7.89. The number of benzene rings is 2. The lowest BCUT2D eigenvalue weighted by atomic mass is 10.0. The van der Waals surface area contributed by atoms with Crippen molar-refractivity contribution in [1.82, 2.24) is 9.44 Å². The summed E-state index contributed by atoms with van der Waals surface area (Å²) in [7, 11) is -4.18. The normalized spacial score (nSPS) is 16.4. The molecule has 1 aliphatic heterocycles. The van der Waals surface area contributed by atoms with Crippen molar-refractivity contribution in [3.63, 3.8) is 0 Å². The van der Waals surface area contributed by atoms with Crippen molar-refractivity contribution < 1.29 is 31.5 Å². The van der Waals surface area contributed by atoms with Crippen molar-refractivity contribution in [1.29, 1.82) is 0 Å². The molecule has 39 heavy (non-hydrogen) atoms. The maximum Gasteiger partial charge on any atom is 0.240 e. The molecule has 0 spiro atoms. The predicted molar refractivity (Wildman–Crippen MR) is 150 cm³/mol. The quantitative estimate of drug-likeness (QED) is 0.316. The molecule has 1 fully saturated rings. The van der Waals surface area contributed by atoms with Crippen molar-refractivity contribution in [3.05, 3.63) is 48.5 Å². The van der Waals surface area contributed by atoms with Gasteiger partial charge in [0, 0.05) is 36.4 Å². The minimum absolute atomic E-state index is 0.0364. The van der Waals surface area contributed by atoms with Gasteiger partial charge < -0.3 is 15.3 Å². The van der Waals surface area contributed by atoms with E-state index in [2.05, 4.69) is 14.8 Å². The smallest absolute Gasteiger partial charge is 0.240 e. The zero-order valence-corrected chi connectivity index (χ0v) is 24.3. The van der Waals surface area contributed by atoms with E-state index in [0.717, 1.165) is 18.5 Å². The van der Waals surface area contributed by atoms with Crippen LogP contribution in [0.5, 0.6) is 0 Å². The summed E-state index contributed by atoms with van der Waals surface area (Å²) >= 11 is 0. The third-order valence-electron chi connectivity index (χ3n) is 6.58. The Balaban J connectivity index is 0.000000274. The van der Waals surface area contributed by atoms with Gasteiger partial charge in [0.2, 0.25) is 31.9 Å². The van der Waals surface area contributed by atoms with Gasteiger partial charge in [0.15, 0.2) is 0 Å². The molecule has 2 atom stereocenters. The van der Waals surface area contributed by atoms with Crippen LogP contribution >= 0.6 is 0 Å². The van der Waals surface area contributed by atoms with Crippen LogP contribution in [0.1, 0.15) is 39.5 Å². The number of rotatable bonds is 11. The van der Waals surface area contributed by atoms with Gasteiger partial charge in [-0.3, -0.25) is 9.59 Å². The van der Waals surface area contributed by atoms with Gasteiger partial charge in [0.05, 0.1) is 9.79 Å². The number of carbonyl (C=O) groups excluding carboxylic acids is 2. The summed E-state index contributed by atoms with van der Waals surface area (Å²) in [4.78, 5) is 26.1. The number of hydrogen-bond acceptors (Lipinski definition) is 7. The molecular formula is C26H38N4O7S2. The fraction of sp³-hybridized carbons (Fsp3) is 0.462. The van der Waals surface area contributed by atoms with E-state index in [1.54, 1.807) is 17.0 Å². The molecule has 3 rings (SSSR count). The summed E-state index contributed by atoms with van der Waals surface area (Å²) in [6.07, 6.45) is 2.76. The molecule has 0 saturated carbocycles. The number of hydrogen-bond donors (Lipinski definition) is 4. The van der Waals surface area contributed by atoms with Crippen LogP contribution in [0.2, 0.25) is 0 Å². The highest BCUT2D eigenvalue weighted by Gasteiger charge is 2.31. The molecule has 2 aromatic carbocycles. The first-order valence-electron chi connectivity index (χ1n) is 12.7. The van der Waals surface area contributed by atoms with Gasteiger partial charge in [0.25, 0.3) is 0 Å². The monoisotopic (exact) mass is 582 g/mol. The maximum atomic E-state index is 12.1. The first-order chi connectivity index (χ1) is 18.4. The van der Waals surface area contributed by atoms with E-state index in [1.165, 1.54) is 50.5 Å². The fourth-order valence-electron chi connectivity index (χ4n) is 4.05. The van der Waals surface area contributed by atoms with Crippen molar-refractivity contribution >= 4 is 43.2 Å². The van der Waals surface area contributed by atoms with Crippen LogP contribution in [0.3, 0.4) is 0 Å². The Morgan fingerprint density at radius 3 is 1.87 bits per heavy atom. The van der Waals surface area contributed by atoms with Gasteiger partial charge >= 0.3 is 0 Å². The number of anilines is 2. The fourth-order valence-corrected chi connectivity index (χ4v) is 5.51. The molecule has 216 valence electrons. The molecule has 1 saturated heterocycles. The lowest BCUT2D eigenvalue weighted by Crippen LogP contribution is -2.26. The first kappa shape index (κ1) is 32.4. The Kier molecular flexibility index (Phi) is 12.1. The molecular weight excluding hydrogens is 544 g/mol. The van der Waals surface area contributed by atoms with Crippen LogP contribution in [-0.4, -0.2) is 61.0 Å². The molecule has 2 unspecified atom stereocenters. The molecule has 4 N–H and O–H groups in total. The van der Waals surface area contributed by atoms with Gasteiger partial charge in [-0.15, -0.1) is 0 Å². The van der Waals surface area contributed by atoms with Crippen LogP contribution in [0.4, 0.5) is 11.4 Å². The van der Waals surface area contributed by atoms with Crippen molar-refractivity contribution in [2.24, 2.45) is 11.8 Å². The molecule has 0 aromatic heterocycles. The SMILES string of the molecule is CCC(CCO)C(=O)Nc1ccc(S(=O)(=O)NC)cc1.CCC1CCN(c2ccc(S(=O)(=O)NC)cc2)C1=O. The van der Waals surface area contributed by atoms with E-state index in [4.69, 9.17) is 5.11 Å². The number of nitrogens with one attached hydrogen (secondary N) is 3. The zero-order chi connectivity index (χ0) is 29.2. The van der Waals surface area contributed by atoms with E-state index in [9.17, 15) is 26.4 Å². The van der Waals surface area contributed by atoms with E-state index in [1.807, 2.05) is 13.8 Å². The van der Waals surface area contributed by atoms with Crippen LogP contribution in [0.25, 0.3) is 0 Å². The van der Waals surface area contributed by atoms with Gasteiger partial charge in [-0.1, -0.05) is 13.8 Å². The van der Waals surface area contributed by atoms with Crippen LogP contribution in [-0.2, 0) is 29.6 Å². The number of amides is 2. The minimum Gasteiger partial charge on any atom is -0.396 e. The highest BCUT2D eigenvalue weighted by atomic mass is 32.2. The Morgan fingerprint density at radius 2 is 1.46 bits per heavy atom. The summed E-state index contributed by atoms with van der Waals surface area (Å²) in [5.74, 6) is -0.195. The number of carbonyl (C=O) groups is 2.